The first-order valence-corrected chi connectivity index (χ1v) is 15.5. The fourth-order valence-corrected chi connectivity index (χ4v) is 8.07. The Morgan fingerprint density at radius 3 is 2.10 bits per heavy atom. The van der Waals surface area contributed by atoms with Crippen LogP contribution in [0, 0.1) is 0 Å². The molecule has 0 radical (unpaired) electrons. The van der Waals surface area contributed by atoms with Crippen LogP contribution in [-0.2, 0) is 6.42 Å². The summed E-state index contributed by atoms with van der Waals surface area (Å²) >= 11 is 1.91. The zero-order chi connectivity index (χ0) is 28.2. The van der Waals surface area contributed by atoms with Crippen LogP contribution in [0.3, 0.4) is 0 Å². The third kappa shape index (κ3) is 4.18. The van der Waals surface area contributed by atoms with E-state index in [4.69, 9.17) is 0 Å². The first kappa shape index (κ1) is 25.2. The van der Waals surface area contributed by atoms with Crippen molar-refractivity contribution in [1.29, 1.82) is 0 Å². The van der Waals surface area contributed by atoms with Crippen LogP contribution in [0.1, 0.15) is 46.6 Å². The lowest BCUT2D eigenvalue weighted by Crippen LogP contribution is -2.12. The Bertz CT molecular complexity index is 2130. The number of rotatable bonds is 4. The van der Waals surface area contributed by atoms with Crippen molar-refractivity contribution in [2.45, 2.75) is 35.0 Å². The first-order valence-electron chi connectivity index (χ1n) is 14.7. The van der Waals surface area contributed by atoms with E-state index in [1.165, 1.54) is 69.9 Å². The lowest BCUT2D eigenvalue weighted by Gasteiger charge is -2.31. The van der Waals surface area contributed by atoms with Gasteiger partial charge in [-0.15, -0.1) is 0 Å². The molecule has 1 aliphatic heterocycles. The van der Waals surface area contributed by atoms with Crippen molar-refractivity contribution in [3.63, 3.8) is 0 Å². The van der Waals surface area contributed by atoms with Crippen molar-refractivity contribution in [2.24, 2.45) is 0 Å². The van der Waals surface area contributed by atoms with Crippen LogP contribution in [0.2, 0.25) is 0 Å². The quantitative estimate of drug-likeness (QED) is 0.232. The zero-order valence-corrected chi connectivity index (χ0v) is 24.2. The third-order valence-corrected chi connectivity index (χ3v) is 10.1. The van der Waals surface area contributed by atoms with Crippen molar-refractivity contribution < 1.29 is 5.11 Å². The van der Waals surface area contributed by atoms with Crippen molar-refractivity contribution in [3.8, 4) is 5.75 Å². The van der Waals surface area contributed by atoms with E-state index in [2.05, 4.69) is 116 Å². The van der Waals surface area contributed by atoms with Gasteiger partial charge in [0, 0.05) is 15.7 Å². The smallest absolute Gasteiger partial charge is 0.115 e. The maximum Gasteiger partial charge on any atom is 0.115 e. The molecule has 1 N–H and O–H groups in total. The summed E-state index contributed by atoms with van der Waals surface area (Å²) in [7, 11) is 0. The Morgan fingerprint density at radius 1 is 0.595 bits per heavy atom. The van der Waals surface area contributed by atoms with Gasteiger partial charge in [-0.05, 0) is 96.7 Å². The highest BCUT2D eigenvalue weighted by molar-refractivity contribution is 7.99. The predicted octanol–water partition coefficient (Wildman–Crippen LogP) is 10.8. The summed E-state index contributed by atoms with van der Waals surface area (Å²) in [5.41, 5.74) is 6.77. The van der Waals surface area contributed by atoms with Gasteiger partial charge in [0.25, 0.3) is 0 Å². The first-order chi connectivity index (χ1) is 20.6. The second-order valence-electron chi connectivity index (χ2n) is 11.5. The van der Waals surface area contributed by atoms with Gasteiger partial charge in [0.05, 0.1) is 0 Å². The van der Waals surface area contributed by atoms with Gasteiger partial charge in [0.2, 0.25) is 0 Å². The van der Waals surface area contributed by atoms with Crippen molar-refractivity contribution >= 4 is 44.1 Å². The van der Waals surface area contributed by atoms with E-state index in [-0.39, 0.29) is 5.92 Å². The number of hydrogen-bond donors (Lipinski definition) is 1. The van der Waals surface area contributed by atoms with Gasteiger partial charge in [-0.2, -0.15) is 0 Å². The van der Waals surface area contributed by atoms with E-state index in [9.17, 15) is 5.11 Å². The number of phenols is 1. The van der Waals surface area contributed by atoms with Gasteiger partial charge in [0.1, 0.15) is 5.75 Å². The molecule has 0 spiro atoms. The zero-order valence-electron chi connectivity index (χ0n) is 23.4. The predicted molar refractivity (Wildman–Crippen MR) is 177 cm³/mol. The topological polar surface area (TPSA) is 20.2 Å². The van der Waals surface area contributed by atoms with Gasteiger partial charge in [-0.1, -0.05) is 128 Å². The molecule has 1 nitrogen and oxygen atoms in total. The maximum atomic E-state index is 9.79. The number of hydrogen-bond acceptors (Lipinski definition) is 2. The van der Waals surface area contributed by atoms with E-state index in [1.807, 2.05) is 23.9 Å². The van der Waals surface area contributed by atoms with Gasteiger partial charge in [0.15, 0.2) is 0 Å². The van der Waals surface area contributed by atoms with Crippen LogP contribution in [0.15, 0.2) is 143 Å². The summed E-state index contributed by atoms with van der Waals surface area (Å²) in [5.74, 6) is 0.774. The largest absolute Gasteiger partial charge is 0.508 e. The molecule has 0 aromatic heterocycles. The highest BCUT2D eigenvalue weighted by Gasteiger charge is 2.31. The summed E-state index contributed by atoms with van der Waals surface area (Å²) in [6.07, 6.45) is 0.939. The molecule has 0 fully saturated rings. The van der Waals surface area contributed by atoms with Gasteiger partial charge >= 0.3 is 0 Å². The lowest BCUT2D eigenvalue weighted by atomic mass is 9.79. The van der Waals surface area contributed by atoms with Crippen molar-refractivity contribution in [1.82, 2.24) is 0 Å². The van der Waals surface area contributed by atoms with E-state index in [0.29, 0.717) is 11.7 Å². The molecule has 0 bridgehead atoms. The average Bonchev–Trinajstić information content (AvgIpc) is 3.03. The highest BCUT2D eigenvalue weighted by Crippen LogP contribution is 2.53. The monoisotopic (exact) mass is 558 g/mol. The Balaban J connectivity index is 1.35. The Hall–Kier alpha value is -4.53. The molecule has 2 heteroatoms. The van der Waals surface area contributed by atoms with Crippen LogP contribution in [0.5, 0.6) is 5.75 Å². The fraction of sp³-hybridized carbons (Fsp3) is 0.100. The van der Waals surface area contributed by atoms with Crippen LogP contribution < -0.4 is 0 Å². The van der Waals surface area contributed by atoms with Gasteiger partial charge < -0.3 is 5.11 Å². The van der Waals surface area contributed by atoms with E-state index >= 15 is 0 Å². The fourth-order valence-electron chi connectivity index (χ4n) is 6.89. The highest BCUT2D eigenvalue weighted by atomic mass is 32.2. The third-order valence-electron chi connectivity index (χ3n) is 8.98. The van der Waals surface area contributed by atoms with E-state index in [1.54, 1.807) is 12.1 Å². The van der Waals surface area contributed by atoms with Crippen LogP contribution in [-0.4, -0.2) is 5.11 Å². The van der Waals surface area contributed by atoms with Crippen LogP contribution >= 0.6 is 11.8 Å². The minimum Gasteiger partial charge on any atom is -0.508 e. The molecule has 2 atom stereocenters. The molecule has 0 saturated heterocycles. The summed E-state index contributed by atoms with van der Waals surface area (Å²) in [6, 6.07) is 48.3. The number of fused-ring (bicyclic) bond motifs is 7. The number of phenolic OH excluding ortho intramolecular Hbond substituents is 1. The van der Waals surface area contributed by atoms with Gasteiger partial charge in [-0.25, -0.2) is 0 Å². The second kappa shape index (κ2) is 10.1. The number of aromatic hydroxyl groups is 1. The van der Waals surface area contributed by atoms with E-state index in [0.717, 1.165) is 6.42 Å². The van der Waals surface area contributed by atoms with Crippen molar-refractivity contribution in [2.75, 3.05) is 0 Å². The minimum absolute atomic E-state index is 0.125. The molecule has 7 aromatic carbocycles. The molecule has 42 heavy (non-hydrogen) atoms. The second-order valence-corrected chi connectivity index (χ2v) is 12.6. The molecule has 2 unspecified atom stereocenters. The average molecular weight is 559 g/mol. The summed E-state index contributed by atoms with van der Waals surface area (Å²) in [6.45, 7) is 2.28. The molecular weight excluding hydrogens is 529 g/mol. The Labute approximate surface area is 250 Å². The van der Waals surface area contributed by atoms with Crippen molar-refractivity contribution in [3.05, 3.63) is 161 Å². The minimum atomic E-state index is 0.125. The molecule has 7 aromatic rings. The molecule has 0 saturated carbocycles. The normalized spacial score (nSPS) is 15.0. The Morgan fingerprint density at radius 2 is 1.26 bits per heavy atom. The molecule has 0 aliphatic carbocycles. The summed E-state index contributed by atoms with van der Waals surface area (Å²) in [4.78, 5) is 2.68. The Kier molecular flexibility index (Phi) is 6.05. The van der Waals surface area contributed by atoms with E-state index < -0.39 is 0 Å². The lowest BCUT2D eigenvalue weighted by molar-refractivity contribution is 0.475. The maximum absolute atomic E-state index is 9.79. The molecule has 8 rings (SSSR count). The van der Waals surface area contributed by atoms with Gasteiger partial charge in [-0.3, -0.25) is 0 Å². The molecule has 202 valence electrons. The molecular formula is C40H30OS. The molecule has 0 amide bonds. The van der Waals surface area contributed by atoms with Crippen LogP contribution in [0.4, 0.5) is 0 Å². The standard InChI is InChI=1S/C40H30OS/c1-25(26-15-18-32(41)19-16-26)23-30-10-6-12-35-33(30)20-22-37-40(35)38(31-14-13-27-7-2-3-9-29(27)24-31)39-34-11-5-4-8-28(34)17-21-36(39)42-37/h2-22,24-25,38,41H,23H2,1H3. The molecule has 1 heterocycles. The van der Waals surface area contributed by atoms with Crippen LogP contribution in [0.25, 0.3) is 32.3 Å². The summed E-state index contributed by atoms with van der Waals surface area (Å²) < 4.78 is 0. The molecule has 1 aliphatic rings. The number of benzene rings is 7. The SMILES string of the molecule is CC(Cc1cccc2c3c(ccc12)Sc1ccc2ccccc2c1C3c1ccc2ccccc2c1)c1ccc(O)cc1. The summed E-state index contributed by atoms with van der Waals surface area (Å²) in [5, 5.41) is 17.6.